The number of nitrogens with one attached hydrogen (secondary N) is 2. The zero-order valence-electron chi connectivity index (χ0n) is 19.3. The van der Waals surface area contributed by atoms with Crippen LogP contribution in [0.3, 0.4) is 0 Å². The highest BCUT2D eigenvalue weighted by Crippen LogP contribution is 2.35. The van der Waals surface area contributed by atoms with Gasteiger partial charge in [0.15, 0.2) is 0 Å². The number of piperidine rings is 1. The maximum Gasteiger partial charge on any atom is 0.264 e. The molecule has 4 aromatic rings. The maximum atomic E-state index is 13.0. The van der Waals surface area contributed by atoms with Crippen LogP contribution in [-0.2, 0) is 16.4 Å². The third kappa shape index (κ3) is 4.88. The standard InChI is InChI=1S/C25H26N6O3S/c1-25(15-18-16-28-29-17-18)9-13-31(14-10-25)24(32)19-5-7-20(8-6-19)30-35(33,34)22-4-2-3-21-23(22)27-12-11-26-21/h2-8,11-12,16-17,30H,9-10,13-15H2,1H3,(H,28,29). The van der Waals surface area contributed by atoms with Gasteiger partial charge in [-0.15, -0.1) is 0 Å². The normalized spacial score (nSPS) is 15.7. The molecule has 0 atom stereocenters. The van der Waals surface area contributed by atoms with Crippen molar-refractivity contribution in [3.05, 3.63) is 78.4 Å². The number of likely N-dealkylation sites (tertiary alicyclic amines) is 1. The number of fused-ring (bicyclic) bond motifs is 1. The lowest BCUT2D eigenvalue weighted by atomic mass is 9.76. The van der Waals surface area contributed by atoms with Crippen molar-refractivity contribution in [1.82, 2.24) is 25.1 Å². The first-order valence-corrected chi connectivity index (χ1v) is 12.9. The molecule has 9 nitrogen and oxygen atoms in total. The smallest absolute Gasteiger partial charge is 0.264 e. The van der Waals surface area contributed by atoms with Gasteiger partial charge in [-0.25, -0.2) is 8.42 Å². The van der Waals surface area contributed by atoms with Crippen molar-refractivity contribution in [3.63, 3.8) is 0 Å². The maximum absolute atomic E-state index is 13.0. The highest BCUT2D eigenvalue weighted by Gasteiger charge is 2.32. The summed E-state index contributed by atoms with van der Waals surface area (Å²) in [6, 6.07) is 11.4. The van der Waals surface area contributed by atoms with Crippen LogP contribution in [0, 0.1) is 5.41 Å². The van der Waals surface area contributed by atoms with Crippen molar-refractivity contribution in [1.29, 1.82) is 0 Å². The molecule has 3 heterocycles. The average Bonchev–Trinajstić information content (AvgIpc) is 3.36. The Balaban J connectivity index is 1.25. The summed E-state index contributed by atoms with van der Waals surface area (Å²) in [7, 11) is -3.88. The monoisotopic (exact) mass is 490 g/mol. The largest absolute Gasteiger partial charge is 0.339 e. The van der Waals surface area contributed by atoms with E-state index in [4.69, 9.17) is 0 Å². The Kier molecular flexibility index (Phi) is 5.98. The van der Waals surface area contributed by atoms with Gasteiger partial charge in [-0.1, -0.05) is 13.0 Å². The summed E-state index contributed by atoms with van der Waals surface area (Å²) in [6.45, 7) is 3.62. The molecular formula is C25H26N6O3S. The Labute approximate surface area is 203 Å². The Hall–Kier alpha value is -3.79. The van der Waals surface area contributed by atoms with Crippen LogP contribution < -0.4 is 4.72 Å². The second-order valence-corrected chi connectivity index (χ2v) is 10.9. The van der Waals surface area contributed by atoms with Crippen molar-refractivity contribution < 1.29 is 13.2 Å². The van der Waals surface area contributed by atoms with E-state index in [1.54, 1.807) is 36.4 Å². The van der Waals surface area contributed by atoms with Gasteiger partial charge < -0.3 is 4.90 Å². The molecule has 0 saturated carbocycles. The molecular weight excluding hydrogens is 464 g/mol. The van der Waals surface area contributed by atoms with E-state index in [0.717, 1.165) is 19.3 Å². The van der Waals surface area contributed by atoms with Crippen LogP contribution in [-0.4, -0.2) is 52.5 Å². The zero-order chi connectivity index (χ0) is 24.5. The van der Waals surface area contributed by atoms with Gasteiger partial charge in [0.1, 0.15) is 10.4 Å². The summed E-state index contributed by atoms with van der Waals surface area (Å²) < 4.78 is 28.6. The van der Waals surface area contributed by atoms with E-state index in [1.165, 1.54) is 24.0 Å². The number of anilines is 1. The summed E-state index contributed by atoms with van der Waals surface area (Å²) in [4.78, 5) is 23.3. The molecule has 10 heteroatoms. The minimum absolute atomic E-state index is 0.0471. The molecule has 1 aliphatic heterocycles. The Morgan fingerprint density at radius 3 is 2.54 bits per heavy atom. The predicted molar refractivity (Wildman–Crippen MR) is 132 cm³/mol. The number of hydrogen-bond donors (Lipinski definition) is 2. The van der Waals surface area contributed by atoms with Crippen LogP contribution in [0.4, 0.5) is 5.69 Å². The topological polar surface area (TPSA) is 121 Å². The van der Waals surface area contributed by atoms with Gasteiger partial charge >= 0.3 is 0 Å². The van der Waals surface area contributed by atoms with Crippen LogP contribution in [0.25, 0.3) is 11.0 Å². The highest BCUT2D eigenvalue weighted by molar-refractivity contribution is 7.93. The number of amides is 1. The van der Waals surface area contributed by atoms with Crippen molar-refractivity contribution in [3.8, 4) is 0 Å². The summed E-state index contributed by atoms with van der Waals surface area (Å²) >= 11 is 0. The molecule has 0 bridgehead atoms. The second-order valence-electron chi connectivity index (χ2n) is 9.25. The molecule has 0 spiro atoms. The van der Waals surface area contributed by atoms with E-state index in [0.29, 0.717) is 35.4 Å². The number of hydrogen-bond acceptors (Lipinski definition) is 6. The second kappa shape index (κ2) is 9.10. The molecule has 1 aliphatic rings. The third-order valence-corrected chi connectivity index (χ3v) is 7.99. The number of aromatic amines is 1. The van der Waals surface area contributed by atoms with Crippen LogP contribution in [0.1, 0.15) is 35.7 Å². The van der Waals surface area contributed by atoms with Gasteiger partial charge in [0.2, 0.25) is 0 Å². The zero-order valence-corrected chi connectivity index (χ0v) is 20.1. The molecule has 5 rings (SSSR count). The third-order valence-electron chi connectivity index (χ3n) is 6.58. The van der Waals surface area contributed by atoms with Crippen LogP contribution >= 0.6 is 0 Å². The molecule has 1 amide bonds. The van der Waals surface area contributed by atoms with E-state index in [9.17, 15) is 13.2 Å². The van der Waals surface area contributed by atoms with Gasteiger partial charge in [0, 0.05) is 42.9 Å². The summed E-state index contributed by atoms with van der Waals surface area (Å²) in [5.74, 6) is -0.0471. The lowest BCUT2D eigenvalue weighted by molar-refractivity contribution is 0.0606. The first kappa shape index (κ1) is 23.0. The molecule has 2 aromatic carbocycles. The quantitative estimate of drug-likeness (QED) is 0.426. The number of rotatable bonds is 6. The Morgan fingerprint density at radius 2 is 1.83 bits per heavy atom. The number of carbonyl (C=O) groups is 1. The lowest BCUT2D eigenvalue weighted by Crippen LogP contribution is -2.42. The van der Waals surface area contributed by atoms with Gasteiger partial charge in [0.05, 0.1) is 11.7 Å². The number of benzene rings is 2. The van der Waals surface area contributed by atoms with Gasteiger partial charge in [-0.2, -0.15) is 5.10 Å². The summed E-state index contributed by atoms with van der Waals surface area (Å²) in [5, 5.41) is 6.88. The van der Waals surface area contributed by atoms with Crippen LogP contribution in [0.2, 0.25) is 0 Å². The first-order chi connectivity index (χ1) is 16.8. The molecule has 1 fully saturated rings. The SMILES string of the molecule is CC1(Cc2cn[nH]c2)CCN(C(=O)c2ccc(NS(=O)(=O)c3cccc4nccnc34)cc2)CC1. The van der Waals surface area contributed by atoms with Gasteiger partial charge in [0.25, 0.3) is 15.9 Å². The molecule has 0 unspecified atom stereocenters. The number of aromatic nitrogens is 4. The van der Waals surface area contributed by atoms with Crippen LogP contribution in [0.15, 0.2) is 72.1 Å². The minimum Gasteiger partial charge on any atom is -0.339 e. The van der Waals surface area contributed by atoms with Crippen molar-refractivity contribution in [2.45, 2.75) is 31.1 Å². The Bertz CT molecular complexity index is 1440. The number of nitrogens with zero attached hydrogens (tertiary/aromatic N) is 4. The number of carbonyl (C=O) groups excluding carboxylic acids is 1. The minimum atomic E-state index is -3.88. The summed E-state index contributed by atoms with van der Waals surface area (Å²) in [5.41, 5.74) is 3.02. The molecule has 1 saturated heterocycles. The highest BCUT2D eigenvalue weighted by atomic mass is 32.2. The summed E-state index contributed by atoms with van der Waals surface area (Å²) in [6.07, 6.45) is 9.51. The van der Waals surface area contributed by atoms with E-state index >= 15 is 0 Å². The van der Waals surface area contributed by atoms with Gasteiger partial charge in [-0.3, -0.25) is 24.6 Å². The van der Waals surface area contributed by atoms with Gasteiger partial charge in [-0.05, 0) is 66.6 Å². The molecule has 2 aromatic heterocycles. The fourth-order valence-electron chi connectivity index (χ4n) is 4.55. The predicted octanol–water partition coefficient (Wildman–Crippen LogP) is 3.64. The average molecular weight is 491 g/mol. The van der Waals surface area contributed by atoms with Crippen molar-refractivity contribution in [2.24, 2.45) is 5.41 Å². The molecule has 0 aliphatic carbocycles. The lowest BCUT2D eigenvalue weighted by Gasteiger charge is -2.39. The van der Waals surface area contributed by atoms with E-state index < -0.39 is 10.0 Å². The number of H-pyrrole nitrogens is 1. The van der Waals surface area contributed by atoms with E-state index in [2.05, 4.69) is 31.8 Å². The van der Waals surface area contributed by atoms with E-state index in [-0.39, 0.29) is 16.2 Å². The Morgan fingerprint density at radius 1 is 1.09 bits per heavy atom. The number of sulfonamides is 1. The fourth-order valence-corrected chi connectivity index (χ4v) is 5.78. The van der Waals surface area contributed by atoms with Crippen LogP contribution in [0.5, 0.6) is 0 Å². The molecule has 180 valence electrons. The fraction of sp³-hybridized carbons (Fsp3) is 0.280. The van der Waals surface area contributed by atoms with E-state index in [1.807, 2.05) is 17.3 Å². The van der Waals surface area contributed by atoms with Crippen molar-refractivity contribution >= 4 is 32.7 Å². The van der Waals surface area contributed by atoms with Crippen molar-refractivity contribution in [2.75, 3.05) is 17.8 Å². The molecule has 2 N–H and O–H groups in total. The molecule has 0 radical (unpaired) electrons. The number of para-hydroxylation sites is 1. The first-order valence-electron chi connectivity index (χ1n) is 11.4. The molecule has 35 heavy (non-hydrogen) atoms.